The molecule has 0 aromatic heterocycles. The zero-order valence-corrected chi connectivity index (χ0v) is 18.0. The van der Waals surface area contributed by atoms with E-state index in [2.05, 4.69) is 16.0 Å². The normalized spacial score (nSPS) is 15.0. The zero-order chi connectivity index (χ0) is 24.0. The van der Waals surface area contributed by atoms with E-state index in [9.17, 15) is 27.6 Å². The summed E-state index contributed by atoms with van der Waals surface area (Å²) >= 11 is 0. The molecule has 176 valence electrons. The molecule has 0 saturated carbocycles. The largest absolute Gasteiger partial charge is 0.416 e. The summed E-state index contributed by atoms with van der Waals surface area (Å²) in [5, 5.41) is 8.14. The van der Waals surface area contributed by atoms with E-state index in [4.69, 9.17) is 0 Å². The summed E-state index contributed by atoms with van der Waals surface area (Å²) in [4.78, 5) is 37.7. The van der Waals surface area contributed by atoms with E-state index in [0.717, 1.165) is 12.1 Å². The number of carbonyl (C=O) groups excluding carboxylic acids is 3. The lowest BCUT2D eigenvalue weighted by atomic mass is 10.1. The first-order valence-corrected chi connectivity index (χ1v) is 10.5. The van der Waals surface area contributed by atoms with Crippen molar-refractivity contribution in [3.63, 3.8) is 0 Å². The molecule has 1 aliphatic heterocycles. The van der Waals surface area contributed by atoms with Crippen molar-refractivity contribution in [1.82, 2.24) is 10.2 Å². The summed E-state index contributed by atoms with van der Waals surface area (Å²) < 4.78 is 37.8. The van der Waals surface area contributed by atoms with Gasteiger partial charge < -0.3 is 16.0 Å². The van der Waals surface area contributed by atoms with Crippen LogP contribution in [0, 0.1) is 0 Å². The smallest absolute Gasteiger partial charge is 0.335 e. The molecule has 0 spiro atoms. The Balaban J connectivity index is 1.39. The monoisotopic (exact) mass is 462 g/mol. The van der Waals surface area contributed by atoms with E-state index in [0.29, 0.717) is 37.2 Å². The lowest BCUT2D eigenvalue weighted by Gasteiger charge is -2.31. The SMILES string of the molecule is CC(=O)c1ccc(NC(=O)CN2CCC(NC(=O)Nc3ccc(C(F)(F)F)cc3)CC2)cc1. The van der Waals surface area contributed by atoms with Crippen LogP contribution in [0.2, 0.25) is 0 Å². The molecule has 1 fully saturated rings. The number of nitrogens with one attached hydrogen (secondary N) is 3. The molecular formula is C23H25F3N4O3. The van der Waals surface area contributed by atoms with Gasteiger partial charge in [0.25, 0.3) is 0 Å². The molecule has 1 aliphatic rings. The average Bonchev–Trinajstić information content (AvgIpc) is 2.75. The van der Waals surface area contributed by atoms with Crippen molar-refractivity contribution in [2.24, 2.45) is 0 Å². The van der Waals surface area contributed by atoms with E-state index in [1.807, 2.05) is 4.90 Å². The van der Waals surface area contributed by atoms with Gasteiger partial charge in [-0.15, -0.1) is 0 Å². The number of urea groups is 1. The van der Waals surface area contributed by atoms with Crippen LogP contribution >= 0.6 is 0 Å². The fraction of sp³-hybridized carbons (Fsp3) is 0.348. The summed E-state index contributed by atoms with van der Waals surface area (Å²) in [6.07, 6.45) is -3.15. The van der Waals surface area contributed by atoms with Gasteiger partial charge >= 0.3 is 12.2 Å². The summed E-state index contributed by atoms with van der Waals surface area (Å²) in [7, 11) is 0. The van der Waals surface area contributed by atoms with E-state index in [1.54, 1.807) is 24.3 Å². The van der Waals surface area contributed by atoms with Crippen LogP contribution < -0.4 is 16.0 Å². The van der Waals surface area contributed by atoms with Crippen molar-refractivity contribution >= 4 is 29.1 Å². The highest BCUT2D eigenvalue weighted by molar-refractivity contribution is 5.96. The van der Waals surface area contributed by atoms with E-state index < -0.39 is 17.8 Å². The van der Waals surface area contributed by atoms with Gasteiger partial charge in [0.2, 0.25) is 5.91 Å². The van der Waals surface area contributed by atoms with Gasteiger partial charge in [0, 0.05) is 36.1 Å². The molecule has 10 heteroatoms. The zero-order valence-electron chi connectivity index (χ0n) is 18.0. The summed E-state index contributed by atoms with van der Waals surface area (Å²) in [6, 6.07) is 10.3. The topological polar surface area (TPSA) is 90.5 Å². The predicted molar refractivity (Wildman–Crippen MR) is 118 cm³/mol. The highest BCUT2D eigenvalue weighted by Crippen LogP contribution is 2.29. The van der Waals surface area contributed by atoms with Crippen molar-refractivity contribution in [1.29, 1.82) is 0 Å². The predicted octanol–water partition coefficient (Wildman–Crippen LogP) is 4.13. The Bertz CT molecular complexity index is 984. The third kappa shape index (κ3) is 7.31. The van der Waals surface area contributed by atoms with Gasteiger partial charge in [-0.05, 0) is 68.3 Å². The molecule has 2 aromatic rings. The molecular weight excluding hydrogens is 437 g/mol. The molecule has 1 saturated heterocycles. The molecule has 2 aromatic carbocycles. The number of anilines is 2. The van der Waals surface area contributed by atoms with Gasteiger partial charge in [0.15, 0.2) is 5.78 Å². The fourth-order valence-electron chi connectivity index (χ4n) is 3.52. The number of alkyl halides is 3. The standard InChI is InChI=1S/C23H25F3N4O3/c1-15(31)16-2-6-18(7-3-16)27-21(32)14-30-12-10-20(11-13-30)29-22(33)28-19-8-4-17(5-9-19)23(24,25)26/h2-9,20H,10-14H2,1H3,(H,27,32)(H2,28,29,33). The van der Waals surface area contributed by atoms with E-state index in [-0.39, 0.29) is 30.0 Å². The number of nitrogens with zero attached hydrogens (tertiary/aromatic N) is 1. The molecule has 0 atom stereocenters. The Morgan fingerprint density at radius 3 is 2.00 bits per heavy atom. The maximum absolute atomic E-state index is 12.6. The number of amides is 3. The van der Waals surface area contributed by atoms with Crippen LogP contribution in [0.5, 0.6) is 0 Å². The number of likely N-dealkylation sites (tertiary alicyclic amines) is 1. The number of Topliss-reactive ketones (excluding diaryl/α,β-unsaturated/α-hetero) is 1. The van der Waals surface area contributed by atoms with E-state index >= 15 is 0 Å². The number of benzene rings is 2. The molecule has 3 rings (SSSR count). The second-order valence-electron chi connectivity index (χ2n) is 7.91. The number of piperidine rings is 1. The Hall–Kier alpha value is -3.40. The van der Waals surface area contributed by atoms with Gasteiger partial charge in [0.1, 0.15) is 0 Å². The third-order valence-corrected chi connectivity index (χ3v) is 5.34. The minimum Gasteiger partial charge on any atom is -0.335 e. The van der Waals surface area contributed by atoms with Crippen LogP contribution in [0.4, 0.5) is 29.3 Å². The third-order valence-electron chi connectivity index (χ3n) is 5.34. The molecule has 0 aliphatic carbocycles. The summed E-state index contributed by atoms with van der Waals surface area (Å²) in [5.41, 5.74) is 0.676. The molecule has 0 bridgehead atoms. The van der Waals surface area contributed by atoms with E-state index in [1.165, 1.54) is 19.1 Å². The Morgan fingerprint density at radius 2 is 1.45 bits per heavy atom. The second-order valence-corrected chi connectivity index (χ2v) is 7.91. The summed E-state index contributed by atoms with van der Waals surface area (Å²) in [6.45, 7) is 2.91. The van der Waals surface area contributed by atoms with Crippen molar-refractivity contribution in [3.8, 4) is 0 Å². The fourth-order valence-corrected chi connectivity index (χ4v) is 3.52. The van der Waals surface area contributed by atoms with Gasteiger partial charge in [-0.3, -0.25) is 14.5 Å². The van der Waals surface area contributed by atoms with Crippen molar-refractivity contribution < 1.29 is 27.6 Å². The molecule has 0 radical (unpaired) electrons. The van der Waals surface area contributed by atoms with Crippen LogP contribution in [-0.4, -0.2) is 48.3 Å². The maximum Gasteiger partial charge on any atom is 0.416 e. The molecule has 1 heterocycles. The average molecular weight is 462 g/mol. The van der Waals surface area contributed by atoms with Crippen molar-refractivity contribution in [2.45, 2.75) is 32.0 Å². The quantitative estimate of drug-likeness (QED) is 0.563. The maximum atomic E-state index is 12.6. The van der Waals surface area contributed by atoms with Gasteiger partial charge in [-0.2, -0.15) is 13.2 Å². The molecule has 7 nitrogen and oxygen atoms in total. The van der Waals surface area contributed by atoms with Crippen molar-refractivity contribution in [3.05, 3.63) is 59.7 Å². The first kappa shape index (κ1) is 24.2. The highest BCUT2D eigenvalue weighted by Gasteiger charge is 2.30. The number of rotatable bonds is 6. The first-order valence-electron chi connectivity index (χ1n) is 10.5. The Labute approximate surface area is 189 Å². The van der Waals surface area contributed by atoms with Gasteiger partial charge in [-0.1, -0.05) is 0 Å². The number of hydrogen-bond acceptors (Lipinski definition) is 4. The van der Waals surface area contributed by atoms with Crippen LogP contribution in [0.1, 0.15) is 35.7 Å². The van der Waals surface area contributed by atoms with Crippen LogP contribution in [0.3, 0.4) is 0 Å². The number of ketones is 1. The number of halogens is 3. The van der Waals surface area contributed by atoms with Crippen LogP contribution in [0.25, 0.3) is 0 Å². The minimum atomic E-state index is -4.42. The van der Waals surface area contributed by atoms with Crippen molar-refractivity contribution in [2.75, 3.05) is 30.3 Å². The van der Waals surface area contributed by atoms with Gasteiger partial charge in [0.05, 0.1) is 12.1 Å². The number of carbonyl (C=O) groups is 3. The first-order chi connectivity index (χ1) is 15.6. The highest BCUT2D eigenvalue weighted by atomic mass is 19.4. The lowest BCUT2D eigenvalue weighted by molar-refractivity contribution is -0.137. The van der Waals surface area contributed by atoms with Gasteiger partial charge in [-0.25, -0.2) is 4.79 Å². The Kier molecular flexibility index (Phi) is 7.70. The number of hydrogen-bond donors (Lipinski definition) is 3. The van der Waals surface area contributed by atoms with Crippen LogP contribution in [0.15, 0.2) is 48.5 Å². The molecule has 3 N–H and O–H groups in total. The molecule has 0 unspecified atom stereocenters. The summed E-state index contributed by atoms with van der Waals surface area (Å²) in [5.74, 6) is -0.213. The minimum absolute atomic E-state index is 0.0441. The molecule has 33 heavy (non-hydrogen) atoms. The second kappa shape index (κ2) is 10.5. The molecule has 3 amide bonds. The Morgan fingerprint density at radius 1 is 0.909 bits per heavy atom. The van der Waals surface area contributed by atoms with Crippen LogP contribution in [-0.2, 0) is 11.0 Å². The lowest BCUT2D eigenvalue weighted by Crippen LogP contribution is -2.47.